The zero-order valence-electron chi connectivity index (χ0n) is 12.6. The maximum absolute atomic E-state index is 13.0. The maximum atomic E-state index is 13.0. The monoisotopic (exact) mass is 316 g/mol. The Morgan fingerprint density at radius 3 is 2.59 bits per heavy atom. The molecular weight excluding hydrogens is 296 g/mol. The Morgan fingerprint density at radius 2 is 1.86 bits per heavy atom. The van der Waals surface area contributed by atoms with Crippen molar-refractivity contribution in [2.45, 2.75) is 17.9 Å². The molecule has 1 atom stereocenters. The first-order valence-electron chi connectivity index (χ1n) is 7.43. The number of piperazine rings is 1. The molecule has 4 nitrogen and oxygen atoms in total. The second kappa shape index (κ2) is 6.20. The molecule has 1 heterocycles. The third-order valence-corrected chi connectivity index (χ3v) is 5.88. The van der Waals surface area contributed by atoms with Crippen LogP contribution in [-0.4, -0.2) is 32.4 Å². The van der Waals surface area contributed by atoms with Crippen LogP contribution in [0.4, 0.5) is 0 Å². The van der Waals surface area contributed by atoms with Gasteiger partial charge in [-0.1, -0.05) is 42.5 Å². The average molecular weight is 316 g/mol. The average Bonchev–Trinajstić information content (AvgIpc) is 2.56. The third-order valence-electron chi connectivity index (χ3n) is 3.97. The number of nitrogens with zero attached hydrogens (tertiary/aromatic N) is 1. The topological polar surface area (TPSA) is 49.4 Å². The van der Waals surface area contributed by atoms with Crippen LogP contribution in [0.1, 0.15) is 17.2 Å². The zero-order chi connectivity index (χ0) is 15.6. The van der Waals surface area contributed by atoms with Crippen LogP contribution >= 0.6 is 0 Å². The Bertz CT molecular complexity index is 744. The Kier molecular flexibility index (Phi) is 4.29. The molecule has 0 saturated carbocycles. The van der Waals surface area contributed by atoms with Gasteiger partial charge in [0.25, 0.3) is 0 Å². The van der Waals surface area contributed by atoms with Crippen LogP contribution < -0.4 is 5.32 Å². The van der Waals surface area contributed by atoms with Crippen molar-refractivity contribution >= 4 is 10.0 Å². The van der Waals surface area contributed by atoms with Crippen molar-refractivity contribution in [1.82, 2.24) is 9.62 Å². The van der Waals surface area contributed by atoms with E-state index in [0.29, 0.717) is 24.5 Å². The number of hydrogen-bond donors (Lipinski definition) is 1. The fraction of sp³-hybridized carbons (Fsp3) is 0.294. The molecule has 1 aliphatic rings. The van der Waals surface area contributed by atoms with E-state index in [0.717, 1.165) is 11.1 Å². The molecule has 0 aromatic heterocycles. The lowest BCUT2D eigenvalue weighted by atomic mass is 10.1. The summed E-state index contributed by atoms with van der Waals surface area (Å²) in [7, 11) is -3.49. The summed E-state index contributed by atoms with van der Waals surface area (Å²) in [6.45, 7) is 3.70. The van der Waals surface area contributed by atoms with Gasteiger partial charge < -0.3 is 5.32 Å². The Morgan fingerprint density at radius 1 is 1.09 bits per heavy atom. The maximum Gasteiger partial charge on any atom is 0.243 e. The highest BCUT2D eigenvalue weighted by molar-refractivity contribution is 7.89. The summed E-state index contributed by atoms with van der Waals surface area (Å²) in [5, 5.41) is 3.29. The lowest BCUT2D eigenvalue weighted by Crippen LogP contribution is -2.48. The first-order chi connectivity index (χ1) is 10.6. The minimum absolute atomic E-state index is 0.166. The van der Waals surface area contributed by atoms with Crippen LogP contribution in [0.15, 0.2) is 59.5 Å². The van der Waals surface area contributed by atoms with Crippen molar-refractivity contribution in [3.8, 4) is 0 Å². The first-order valence-corrected chi connectivity index (χ1v) is 8.87. The standard InChI is InChI=1S/C17H20N2O2S/c1-14-6-5-9-16(12-14)22(20,21)19-11-10-18-13-17(19)15-7-3-2-4-8-15/h2-9,12,17-18H,10-11,13H2,1H3. The second-order valence-corrected chi connectivity index (χ2v) is 7.45. The molecule has 1 N–H and O–H groups in total. The molecule has 0 amide bonds. The second-order valence-electron chi connectivity index (χ2n) is 5.56. The minimum Gasteiger partial charge on any atom is -0.313 e. The van der Waals surface area contributed by atoms with Gasteiger partial charge in [0, 0.05) is 19.6 Å². The molecule has 5 heteroatoms. The summed E-state index contributed by atoms with van der Waals surface area (Å²) in [4.78, 5) is 0.371. The smallest absolute Gasteiger partial charge is 0.243 e. The summed E-state index contributed by atoms with van der Waals surface area (Å²) in [5.41, 5.74) is 1.97. The lowest BCUT2D eigenvalue weighted by Gasteiger charge is -2.35. The van der Waals surface area contributed by atoms with Crippen LogP contribution in [0.25, 0.3) is 0 Å². The SMILES string of the molecule is Cc1cccc(S(=O)(=O)N2CCNCC2c2ccccc2)c1. The molecular formula is C17H20N2O2S. The molecule has 22 heavy (non-hydrogen) atoms. The number of hydrogen-bond acceptors (Lipinski definition) is 3. The van der Waals surface area contributed by atoms with Crippen molar-refractivity contribution in [3.63, 3.8) is 0 Å². The van der Waals surface area contributed by atoms with E-state index in [1.807, 2.05) is 43.3 Å². The Hall–Kier alpha value is -1.69. The number of benzene rings is 2. The zero-order valence-corrected chi connectivity index (χ0v) is 13.4. The van der Waals surface area contributed by atoms with Gasteiger partial charge in [-0.05, 0) is 30.2 Å². The van der Waals surface area contributed by atoms with Crippen LogP contribution in [0, 0.1) is 6.92 Å². The van der Waals surface area contributed by atoms with Crippen molar-refractivity contribution in [2.75, 3.05) is 19.6 Å². The highest BCUT2D eigenvalue weighted by Crippen LogP contribution is 2.28. The minimum atomic E-state index is -3.49. The van der Waals surface area contributed by atoms with Crippen LogP contribution in [0.5, 0.6) is 0 Å². The normalized spacial score (nSPS) is 20.0. The quantitative estimate of drug-likeness (QED) is 0.945. The Labute approximate surface area is 131 Å². The van der Waals surface area contributed by atoms with Gasteiger partial charge in [-0.15, -0.1) is 0 Å². The molecule has 0 aliphatic carbocycles. The van der Waals surface area contributed by atoms with E-state index < -0.39 is 10.0 Å². The van der Waals surface area contributed by atoms with E-state index >= 15 is 0 Å². The lowest BCUT2D eigenvalue weighted by molar-refractivity contribution is 0.271. The molecule has 2 aromatic rings. The highest BCUT2D eigenvalue weighted by atomic mass is 32.2. The molecule has 1 fully saturated rings. The molecule has 2 aromatic carbocycles. The van der Waals surface area contributed by atoms with Gasteiger partial charge in [0.15, 0.2) is 0 Å². The van der Waals surface area contributed by atoms with E-state index in [1.54, 1.807) is 22.5 Å². The number of sulfonamides is 1. The van der Waals surface area contributed by atoms with Crippen LogP contribution in [0.2, 0.25) is 0 Å². The van der Waals surface area contributed by atoms with Gasteiger partial charge in [-0.25, -0.2) is 8.42 Å². The molecule has 1 saturated heterocycles. The molecule has 1 aliphatic heterocycles. The van der Waals surface area contributed by atoms with Crippen LogP contribution in [-0.2, 0) is 10.0 Å². The fourth-order valence-corrected chi connectivity index (χ4v) is 4.56. The van der Waals surface area contributed by atoms with Gasteiger partial charge in [0.1, 0.15) is 0 Å². The predicted molar refractivity (Wildman–Crippen MR) is 87.1 cm³/mol. The summed E-state index contributed by atoms with van der Waals surface area (Å²) < 4.78 is 27.7. The molecule has 3 rings (SSSR count). The van der Waals surface area contributed by atoms with E-state index in [2.05, 4.69) is 5.32 Å². The molecule has 0 bridgehead atoms. The molecule has 1 unspecified atom stereocenters. The predicted octanol–water partition coefficient (Wildman–Crippen LogP) is 2.33. The van der Waals surface area contributed by atoms with Crippen LogP contribution in [0.3, 0.4) is 0 Å². The molecule has 116 valence electrons. The highest BCUT2D eigenvalue weighted by Gasteiger charge is 2.34. The van der Waals surface area contributed by atoms with Crippen molar-refractivity contribution < 1.29 is 8.42 Å². The third kappa shape index (κ3) is 2.92. The van der Waals surface area contributed by atoms with Gasteiger partial charge >= 0.3 is 0 Å². The fourth-order valence-electron chi connectivity index (χ4n) is 2.84. The first kappa shape index (κ1) is 15.2. The number of rotatable bonds is 3. The number of nitrogens with one attached hydrogen (secondary N) is 1. The largest absolute Gasteiger partial charge is 0.313 e. The molecule has 0 spiro atoms. The van der Waals surface area contributed by atoms with Crippen molar-refractivity contribution in [3.05, 3.63) is 65.7 Å². The van der Waals surface area contributed by atoms with E-state index in [4.69, 9.17) is 0 Å². The summed E-state index contributed by atoms with van der Waals surface area (Å²) in [6.07, 6.45) is 0. The summed E-state index contributed by atoms with van der Waals surface area (Å²) >= 11 is 0. The van der Waals surface area contributed by atoms with E-state index in [1.165, 1.54) is 0 Å². The van der Waals surface area contributed by atoms with E-state index in [9.17, 15) is 8.42 Å². The number of aryl methyl sites for hydroxylation is 1. The Balaban J connectivity index is 2.00. The summed E-state index contributed by atoms with van der Waals surface area (Å²) in [5.74, 6) is 0. The van der Waals surface area contributed by atoms with Crippen molar-refractivity contribution in [1.29, 1.82) is 0 Å². The van der Waals surface area contributed by atoms with Crippen molar-refractivity contribution in [2.24, 2.45) is 0 Å². The van der Waals surface area contributed by atoms with Gasteiger partial charge in [-0.2, -0.15) is 4.31 Å². The van der Waals surface area contributed by atoms with Gasteiger partial charge in [-0.3, -0.25) is 0 Å². The van der Waals surface area contributed by atoms with Gasteiger partial charge in [0.2, 0.25) is 10.0 Å². The summed E-state index contributed by atoms with van der Waals surface area (Å²) in [6, 6.07) is 16.7. The van der Waals surface area contributed by atoms with Gasteiger partial charge in [0.05, 0.1) is 10.9 Å². The van der Waals surface area contributed by atoms with E-state index in [-0.39, 0.29) is 6.04 Å². The molecule has 0 radical (unpaired) electrons.